The number of likely N-dealkylation sites (tertiary alicyclic amines) is 1. The number of nitrogens with zero attached hydrogens (tertiary/aromatic N) is 5. The van der Waals surface area contributed by atoms with Crippen LogP contribution >= 0.6 is 0 Å². The van der Waals surface area contributed by atoms with Crippen LogP contribution in [-0.4, -0.2) is 55.9 Å². The van der Waals surface area contributed by atoms with E-state index in [1.165, 1.54) is 0 Å². The van der Waals surface area contributed by atoms with E-state index in [1.54, 1.807) is 18.0 Å². The topological polar surface area (TPSA) is 93.4 Å². The molecule has 3 heterocycles. The molecule has 0 amide bonds. The zero-order chi connectivity index (χ0) is 17.6. The van der Waals surface area contributed by atoms with Crippen LogP contribution in [0.4, 0.5) is 0 Å². The molecule has 1 N–H and O–H groups in total. The van der Waals surface area contributed by atoms with Gasteiger partial charge in [-0.15, -0.1) is 0 Å². The van der Waals surface area contributed by atoms with Crippen molar-refractivity contribution in [3.05, 3.63) is 41.7 Å². The predicted octanol–water partition coefficient (Wildman–Crippen LogP) is 1.28. The Balaban J connectivity index is 1.63. The van der Waals surface area contributed by atoms with E-state index in [1.807, 2.05) is 18.5 Å². The Morgan fingerprint density at radius 1 is 1.40 bits per heavy atom. The molecule has 0 aromatic carbocycles. The molecule has 1 atom stereocenters. The summed E-state index contributed by atoms with van der Waals surface area (Å²) in [6.45, 7) is 3.01. The number of carboxylic acids is 1. The maximum absolute atomic E-state index is 11.0. The van der Waals surface area contributed by atoms with Gasteiger partial charge in [-0.2, -0.15) is 5.10 Å². The summed E-state index contributed by atoms with van der Waals surface area (Å²) < 4.78 is 6.62. The zero-order valence-corrected chi connectivity index (χ0v) is 14.3. The normalized spacial score (nSPS) is 18.4. The summed E-state index contributed by atoms with van der Waals surface area (Å²) in [5.74, 6) is 0.107. The summed E-state index contributed by atoms with van der Waals surface area (Å²) in [6.07, 6.45) is 7.50. The van der Waals surface area contributed by atoms with Crippen LogP contribution in [-0.2, 0) is 29.2 Å². The van der Waals surface area contributed by atoms with Gasteiger partial charge in [0.25, 0.3) is 0 Å². The molecule has 2 aromatic rings. The summed E-state index contributed by atoms with van der Waals surface area (Å²) in [7, 11) is 1.63. The van der Waals surface area contributed by atoms with Crippen molar-refractivity contribution < 1.29 is 14.6 Å². The van der Waals surface area contributed by atoms with Gasteiger partial charge in [-0.25, -0.2) is 9.97 Å². The molecule has 8 heteroatoms. The van der Waals surface area contributed by atoms with E-state index >= 15 is 0 Å². The Bertz CT molecular complexity index is 701. The van der Waals surface area contributed by atoms with E-state index in [-0.39, 0.29) is 6.54 Å². The molecule has 1 unspecified atom stereocenters. The van der Waals surface area contributed by atoms with Crippen molar-refractivity contribution in [3.63, 3.8) is 0 Å². The third-order valence-corrected chi connectivity index (χ3v) is 4.40. The van der Waals surface area contributed by atoms with Crippen LogP contribution in [0, 0.1) is 0 Å². The first kappa shape index (κ1) is 17.5. The minimum Gasteiger partial charge on any atom is -0.480 e. The Morgan fingerprint density at radius 2 is 2.20 bits per heavy atom. The second kappa shape index (κ2) is 8.17. The van der Waals surface area contributed by atoms with E-state index in [2.05, 4.69) is 20.0 Å². The number of hydrogen-bond acceptors (Lipinski definition) is 6. The molecule has 25 heavy (non-hydrogen) atoms. The maximum Gasteiger partial charge on any atom is 0.325 e. The molecule has 2 aromatic heterocycles. The van der Waals surface area contributed by atoms with Crippen molar-refractivity contribution in [1.29, 1.82) is 0 Å². The summed E-state index contributed by atoms with van der Waals surface area (Å²) in [5, 5.41) is 13.2. The van der Waals surface area contributed by atoms with Gasteiger partial charge in [0.2, 0.25) is 0 Å². The number of hydrogen-bond donors (Lipinski definition) is 1. The van der Waals surface area contributed by atoms with Gasteiger partial charge in [-0.1, -0.05) is 0 Å². The average molecular weight is 345 g/mol. The van der Waals surface area contributed by atoms with Gasteiger partial charge in [0.05, 0.1) is 0 Å². The first-order chi connectivity index (χ1) is 12.2. The number of carboxylic acid groups (broad SMARTS) is 1. The molecule has 0 spiro atoms. The van der Waals surface area contributed by atoms with Crippen LogP contribution in [0.15, 0.2) is 24.7 Å². The van der Waals surface area contributed by atoms with Gasteiger partial charge < -0.3 is 9.84 Å². The minimum absolute atomic E-state index is 0.0896. The van der Waals surface area contributed by atoms with Crippen molar-refractivity contribution >= 4 is 5.97 Å². The number of methoxy groups -OCH3 is 1. The highest BCUT2D eigenvalue weighted by Gasteiger charge is 2.24. The number of piperidine rings is 1. The minimum atomic E-state index is -0.870. The maximum atomic E-state index is 11.0. The largest absolute Gasteiger partial charge is 0.480 e. The SMILES string of the molecule is COCc1ncc(CN2CCCC(c3ccnn3CC(=O)O)C2)cn1. The molecule has 134 valence electrons. The smallest absolute Gasteiger partial charge is 0.325 e. The fourth-order valence-corrected chi connectivity index (χ4v) is 3.32. The van der Waals surface area contributed by atoms with Crippen molar-refractivity contribution in [2.24, 2.45) is 0 Å². The number of aromatic nitrogens is 4. The van der Waals surface area contributed by atoms with Gasteiger partial charge >= 0.3 is 5.97 Å². The van der Waals surface area contributed by atoms with Gasteiger partial charge in [0.15, 0.2) is 5.82 Å². The molecular formula is C17H23N5O3. The highest BCUT2D eigenvalue weighted by molar-refractivity contribution is 5.66. The van der Waals surface area contributed by atoms with E-state index in [4.69, 9.17) is 9.84 Å². The predicted molar refractivity (Wildman–Crippen MR) is 89.9 cm³/mol. The van der Waals surface area contributed by atoms with Crippen molar-refractivity contribution in [2.45, 2.75) is 38.5 Å². The van der Waals surface area contributed by atoms with Gasteiger partial charge in [-0.3, -0.25) is 14.4 Å². The Hall–Kier alpha value is -2.32. The number of aliphatic carboxylic acids is 1. The van der Waals surface area contributed by atoms with E-state index < -0.39 is 5.97 Å². The molecule has 8 nitrogen and oxygen atoms in total. The lowest BCUT2D eigenvalue weighted by Gasteiger charge is -2.32. The summed E-state index contributed by atoms with van der Waals surface area (Å²) >= 11 is 0. The zero-order valence-electron chi connectivity index (χ0n) is 14.3. The average Bonchev–Trinajstić information content (AvgIpc) is 3.04. The van der Waals surface area contributed by atoms with Crippen LogP contribution in [0.1, 0.15) is 35.8 Å². The molecular weight excluding hydrogens is 322 g/mol. The second-order valence-corrected chi connectivity index (χ2v) is 6.32. The molecule has 0 saturated carbocycles. The summed E-state index contributed by atoms with van der Waals surface area (Å²) in [4.78, 5) is 22.0. The highest BCUT2D eigenvalue weighted by atomic mass is 16.5. The monoisotopic (exact) mass is 345 g/mol. The molecule has 0 radical (unpaired) electrons. The van der Waals surface area contributed by atoms with Crippen molar-refractivity contribution in [3.8, 4) is 0 Å². The van der Waals surface area contributed by atoms with Crippen LogP contribution in [0.5, 0.6) is 0 Å². The summed E-state index contributed by atoms with van der Waals surface area (Å²) in [5.41, 5.74) is 2.07. The lowest BCUT2D eigenvalue weighted by atomic mass is 9.94. The second-order valence-electron chi connectivity index (χ2n) is 6.32. The van der Waals surface area contributed by atoms with Gasteiger partial charge in [0, 0.05) is 56.0 Å². The first-order valence-electron chi connectivity index (χ1n) is 8.40. The Kier molecular flexibility index (Phi) is 5.72. The van der Waals surface area contributed by atoms with Crippen molar-refractivity contribution in [2.75, 3.05) is 20.2 Å². The van der Waals surface area contributed by atoms with Gasteiger partial charge in [0.1, 0.15) is 13.2 Å². The molecule has 0 bridgehead atoms. The molecule has 1 aliphatic rings. The third kappa shape index (κ3) is 4.61. The third-order valence-electron chi connectivity index (χ3n) is 4.40. The van der Waals surface area contributed by atoms with Gasteiger partial charge in [-0.05, 0) is 25.5 Å². The molecule has 0 aliphatic carbocycles. The summed E-state index contributed by atoms with van der Waals surface area (Å²) in [6, 6.07) is 1.93. The van der Waals surface area contributed by atoms with Crippen LogP contribution in [0.25, 0.3) is 0 Å². The lowest BCUT2D eigenvalue weighted by Crippen LogP contribution is -2.35. The van der Waals surface area contributed by atoms with E-state index in [0.717, 1.165) is 43.7 Å². The van der Waals surface area contributed by atoms with Crippen molar-refractivity contribution in [1.82, 2.24) is 24.6 Å². The standard InChI is InChI=1S/C17H23N5O3/c1-25-12-16-18-7-13(8-19-16)9-21-6-2-3-14(10-21)15-4-5-20-22(15)11-17(23)24/h4-5,7-8,14H,2-3,6,9-12H2,1H3,(H,23,24). The molecule has 1 saturated heterocycles. The number of ether oxygens (including phenoxy) is 1. The quantitative estimate of drug-likeness (QED) is 0.808. The first-order valence-corrected chi connectivity index (χ1v) is 8.40. The Labute approximate surface area is 146 Å². The van der Waals surface area contributed by atoms with E-state index in [0.29, 0.717) is 18.3 Å². The Morgan fingerprint density at radius 3 is 2.92 bits per heavy atom. The van der Waals surface area contributed by atoms with Crippen LogP contribution < -0.4 is 0 Å². The van der Waals surface area contributed by atoms with E-state index in [9.17, 15) is 4.79 Å². The molecule has 3 rings (SSSR count). The number of rotatable bonds is 7. The molecule has 1 aliphatic heterocycles. The fourth-order valence-electron chi connectivity index (χ4n) is 3.32. The fraction of sp³-hybridized carbons (Fsp3) is 0.529. The van der Waals surface area contributed by atoms with Crippen LogP contribution in [0.2, 0.25) is 0 Å². The lowest BCUT2D eigenvalue weighted by molar-refractivity contribution is -0.137. The molecule has 1 fully saturated rings. The number of carbonyl (C=O) groups is 1. The highest BCUT2D eigenvalue weighted by Crippen LogP contribution is 2.27. The van der Waals surface area contributed by atoms with Crippen LogP contribution in [0.3, 0.4) is 0 Å².